The van der Waals surface area contributed by atoms with Crippen molar-refractivity contribution in [1.82, 2.24) is 30.7 Å². The summed E-state index contributed by atoms with van der Waals surface area (Å²) in [5.74, 6) is 2.83. The van der Waals surface area contributed by atoms with Crippen LogP contribution in [0.4, 0.5) is 36.3 Å². The first-order chi connectivity index (χ1) is 48.1. The zero-order chi connectivity index (χ0) is 70.6. The molecule has 9 atom stereocenters. The van der Waals surface area contributed by atoms with Crippen LogP contribution in [0.25, 0.3) is 33.8 Å². The smallest absolute Gasteiger partial charge is 0.444 e. The van der Waals surface area contributed by atoms with E-state index in [1.165, 1.54) is 68.4 Å². The molecule has 518 valence electrons. The Bertz CT molecular complexity index is 3840. The zero-order valence-corrected chi connectivity index (χ0v) is 56.5. The van der Waals surface area contributed by atoms with E-state index in [4.69, 9.17) is 38.5 Å². The van der Waals surface area contributed by atoms with Gasteiger partial charge in [0.1, 0.15) is 56.1 Å². The quantitative estimate of drug-likeness (QED) is 0.0800. The fourth-order valence-electron chi connectivity index (χ4n) is 15.2. The summed E-state index contributed by atoms with van der Waals surface area (Å²) in [6.45, 7) is 8.75. The number of nitrogens with zero attached hydrogens (tertiary/aromatic N) is 6. The lowest BCUT2D eigenvalue weighted by molar-refractivity contribution is -0.275. The van der Waals surface area contributed by atoms with Gasteiger partial charge in [-0.15, -0.1) is 37.7 Å². The van der Waals surface area contributed by atoms with E-state index in [0.717, 1.165) is 108 Å². The van der Waals surface area contributed by atoms with Crippen molar-refractivity contribution in [3.63, 3.8) is 0 Å². The van der Waals surface area contributed by atoms with Gasteiger partial charge in [0, 0.05) is 98.7 Å². The third kappa shape index (κ3) is 15.7. The summed E-state index contributed by atoms with van der Waals surface area (Å²) < 4.78 is 149. The molecule has 6 bridgehead atoms. The summed E-state index contributed by atoms with van der Waals surface area (Å²) in [5.41, 5.74) is 6.53. The molecule has 7 aromatic rings. The highest BCUT2D eigenvalue weighted by atomic mass is 79.9. The first-order valence-corrected chi connectivity index (χ1v) is 35.5. The van der Waals surface area contributed by atoms with Crippen molar-refractivity contribution in [3.05, 3.63) is 122 Å². The Morgan fingerprint density at radius 3 is 1.38 bits per heavy atom. The summed E-state index contributed by atoms with van der Waals surface area (Å²) >= 11 is 5.24. The number of hydrogen-bond acceptors (Lipinski definition) is 17. The number of fused-ring (bicyclic) bond motifs is 6. The largest absolute Gasteiger partial charge is 0.573 e. The first-order valence-electron chi connectivity index (χ1n) is 35.8. The fraction of sp³-hybridized carbons (Fsp3) is 0.563. The van der Waals surface area contributed by atoms with Gasteiger partial charge in [-0.05, 0) is 189 Å². The van der Waals surface area contributed by atoms with Crippen LogP contribution >= 0.6 is 27.3 Å². The van der Waals surface area contributed by atoms with E-state index in [0.29, 0.717) is 72.2 Å². The van der Waals surface area contributed by atoms with Crippen molar-refractivity contribution in [3.8, 4) is 45.3 Å². The van der Waals surface area contributed by atoms with Crippen molar-refractivity contribution < 1.29 is 79.1 Å². The minimum Gasteiger partial charge on any atom is -0.444 e. The minimum absolute atomic E-state index is 0.0503. The molecule has 96 heavy (non-hydrogen) atoms. The van der Waals surface area contributed by atoms with Gasteiger partial charge in [-0.1, -0.05) is 64.0 Å². The summed E-state index contributed by atoms with van der Waals surface area (Å²) in [6.07, 6.45) is 8.79. The van der Waals surface area contributed by atoms with Gasteiger partial charge >= 0.3 is 18.8 Å². The molecule has 6 saturated heterocycles. The molecular weight excluding hydrogens is 1340 g/mol. The summed E-state index contributed by atoms with van der Waals surface area (Å²) in [4.78, 5) is 21.8. The second-order valence-electron chi connectivity index (χ2n) is 28.2. The van der Waals surface area contributed by atoms with E-state index in [-0.39, 0.29) is 84.2 Å². The Kier molecular flexibility index (Phi) is 18.5. The van der Waals surface area contributed by atoms with Crippen molar-refractivity contribution in [2.45, 2.75) is 254 Å². The third-order valence-electron chi connectivity index (χ3n) is 19.9. The molecule has 3 saturated carbocycles. The highest BCUT2D eigenvalue weighted by Gasteiger charge is 2.47. The van der Waals surface area contributed by atoms with E-state index >= 15 is 0 Å². The second-order valence-corrected chi connectivity index (χ2v) is 29.9. The van der Waals surface area contributed by atoms with Crippen LogP contribution in [0.15, 0.2) is 96.3 Å². The molecule has 9 fully saturated rings. The Balaban J connectivity index is 0.000000139. The number of nitrogens with one attached hydrogen (secondary N) is 1. The number of amides is 1. The number of piperidine rings is 3. The number of benzene rings is 3. The number of thiazole rings is 1. The van der Waals surface area contributed by atoms with Crippen molar-refractivity contribution >= 4 is 38.5 Å². The van der Waals surface area contributed by atoms with E-state index < -0.39 is 18.3 Å². The van der Waals surface area contributed by atoms with Gasteiger partial charge in [0.2, 0.25) is 0 Å². The van der Waals surface area contributed by atoms with Gasteiger partial charge in [-0.2, -0.15) is 0 Å². The van der Waals surface area contributed by atoms with Gasteiger partial charge in [0.05, 0.1) is 38.1 Å². The molecule has 1 amide bonds. The third-order valence-corrected chi connectivity index (χ3v) is 21.5. The number of hydrogen-bond donors (Lipinski definition) is 1. The van der Waals surface area contributed by atoms with E-state index in [9.17, 15) is 31.1 Å². The molecule has 1 N–H and O–H groups in total. The first kappa shape index (κ1) is 64.2. The van der Waals surface area contributed by atoms with Crippen LogP contribution in [0.1, 0.15) is 200 Å². The number of rotatable bonds is 18. The highest BCUT2D eigenvalue weighted by molar-refractivity contribution is 9.10. The fourth-order valence-corrected chi connectivity index (χ4v) is 16.6. The van der Waals surface area contributed by atoms with Gasteiger partial charge < -0.3 is 57.1 Å². The Hall–Kier alpha value is -6.51. The maximum absolute atomic E-state index is 13.0. The highest BCUT2D eigenvalue weighted by Crippen LogP contribution is 2.50. The predicted octanol–water partition coefficient (Wildman–Crippen LogP) is 18.4. The number of para-hydroxylation sites is 2. The van der Waals surface area contributed by atoms with Crippen LogP contribution in [-0.2, 0) is 38.8 Å². The monoisotopic (exact) mass is 1430 g/mol. The van der Waals surface area contributed by atoms with Gasteiger partial charge in [0.15, 0.2) is 5.13 Å². The lowest BCUT2D eigenvalue weighted by Crippen LogP contribution is -2.50. The molecule has 16 rings (SSSR count). The number of halogens is 7. The minimum atomic E-state index is -4.82. The molecule has 4 aromatic heterocycles. The standard InChI is InChI=1S/C26H31F3N2O5.C24H26BrN3O2S.C21H23F3N2O3.2H2/c1-25(2,3)35-24(32)31-16-10-11-17(31)13-18(12-16)33-14-20-22(30-36-23(20)15-8-9-15)19-6-4-5-7-21(19)34-26(27,28)29;1-14-4-2-3-5-19(14)22-20(23(30-27-22)15-6-7-15)12-29-18-10-16-8-9-17(11-18)28(16)24-26-21(25)13-31-24;22-21(23,24)28-18-4-2-1-3-16(18)19-17(20(29-26-19)12-5-6-12)11-27-15-9-13-7-8-14(10-15)25-13;;/h4-7,15-18H,8-14H2,1-3H3;2-5,13,15-18H,6-12H2,1H3;1-4,12-15,25H,5-11H2;2*1H/t2*16-,17+,18?;13-,14+,15?;;/i;;;2*1+2T. The Morgan fingerprint density at radius 1 is 0.573 bits per heavy atom. The topological polar surface area (TPSA) is 182 Å². The van der Waals surface area contributed by atoms with Crippen LogP contribution in [0.3, 0.4) is 0 Å². The van der Waals surface area contributed by atoms with Crippen molar-refractivity contribution in [1.29, 1.82) is 0 Å². The molecule has 3 unspecified atom stereocenters. The van der Waals surface area contributed by atoms with E-state index in [1.807, 2.05) is 25.7 Å². The van der Waals surface area contributed by atoms with Crippen LogP contribution in [-0.4, -0.2) is 104 Å². The molecule has 6 aliphatic heterocycles. The molecule has 25 heteroatoms. The van der Waals surface area contributed by atoms with E-state index in [2.05, 4.69) is 92.6 Å². The van der Waals surface area contributed by atoms with Gasteiger partial charge in [-0.25, -0.2) is 9.78 Å². The summed E-state index contributed by atoms with van der Waals surface area (Å²) in [5, 5.41) is 19.6. The van der Waals surface area contributed by atoms with Crippen LogP contribution in [0.5, 0.6) is 11.5 Å². The van der Waals surface area contributed by atoms with Crippen LogP contribution in [0.2, 0.25) is 0 Å². The Labute approximate surface area is 571 Å². The molecule has 3 aliphatic carbocycles. The number of carbonyl (C=O) groups excluding carboxylic acids is 1. The average molecular weight is 1430 g/mol. The number of carbonyl (C=O) groups is 1. The maximum atomic E-state index is 13.0. The van der Waals surface area contributed by atoms with Crippen LogP contribution in [0, 0.1) is 6.92 Å². The normalized spacial score (nSPS) is 25.5. The molecule has 0 spiro atoms. The number of ether oxygens (including phenoxy) is 6. The molecule has 3 aromatic carbocycles. The molecule has 17 nitrogen and oxygen atoms in total. The zero-order valence-electron chi connectivity index (χ0n) is 58.1. The number of alkyl halides is 6. The number of anilines is 1. The Morgan fingerprint density at radius 2 is 0.969 bits per heavy atom. The summed E-state index contributed by atoms with van der Waals surface area (Å²) in [7, 11) is 0. The molecule has 0 radical (unpaired) electrons. The lowest BCUT2D eigenvalue weighted by Gasteiger charge is -2.39. The average Bonchev–Trinajstić information content (AvgIpc) is 1.70. The number of aromatic nitrogens is 4. The SMILES string of the molecule is CC(C)(C)OC(=O)N1[C@@H]2CC[C@H]1CC(OCc1c(-c3ccccc3OC(F)(F)F)noc1C1CC1)C2.Cc1ccccc1-c1noc(C2CC2)c1COC1C[C@H]2CC[C@@H](C1)N2c1nc(Br)cs1.FC(F)(F)Oc1ccccc1-c1noc(C2CC2)c1COC1C[C@H]2CC[C@@H](C1)N2.[3H][3H].[3H][3H]. The van der Waals surface area contributed by atoms with Crippen LogP contribution < -0.4 is 19.7 Å². The molecule has 9 aliphatic rings. The summed E-state index contributed by atoms with van der Waals surface area (Å²) in [6, 6.07) is 22.6. The van der Waals surface area contributed by atoms with Crippen molar-refractivity contribution in [2.24, 2.45) is 0 Å². The van der Waals surface area contributed by atoms with Gasteiger partial charge in [-0.3, -0.25) is 0 Å². The second kappa shape index (κ2) is 27.7. The molecular formula is C71H84BrF6N7O10S. The maximum Gasteiger partial charge on any atom is 0.573 e. The van der Waals surface area contributed by atoms with Crippen molar-refractivity contribution in [2.75, 3.05) is 4.90 Å². The van der Waals surface area contributed by atoms with E-state index in [1.54, 1.807) is 35.6 Å². The molecule has 10 heterocycles. The van der Waals surface area contributed by atoms with Gasteiger partial charge in [0.25, 0.3) is 0 Å². The number of aryl methyl sites for hydroxylation is 1. The predicted molar refractivity (Wildman–Crippen MR) is 351 cm³/mol. The lowest BCUT2D eigenvalue weighted by atomic mass is 9.99.